The lowest BCUT2D eigenvalue weighted by Crippen LogP contribution is -2.47. The van der Waals surface area contributed by atoms with Gasteiger partial charge >= 0.3 is 0 Å². The van der Waals surface area contributed by atoms with Crippen molar-refractivity contribution in [2.45, 2.75) is 31.1 Å². The fraction of sp³-hybridized carbons (Fsp3) is 0.706. The predicted molar refractivity (Wildman–Crippen MR) is 121 cm³/mol. The molecule has 0 bridgehead atoms. The van der Waals surface area contributed by atoms with E-state index >= 15 is 0 Å². The topological polar surface area (TPSA) is 75.9 Å². The Morgan fingerprint density at radius 3 is 2.56 bits per heavy atom. The smallest absolute Gasteiger partial charge is 0.194 e. The number of halogens is 2. The van der Waals surface area contributed by atoms with Crippen molar-refractivity contribution in [3.63, 3.8) is 0 Å². The molecule has 1 saturated heterocycles. The van der Waals surface area contributed by atoms with Gasteiger partial charge in [-0.05, 0) is 25.8 Å². The van der Waals surface area contributed by atoms with Crippen LogP contribution < -0.4 is 5.32 Å². The molecule has 2 rings (SSSR count). The summed E-state index contributed by atoms with van der Waals surface area (Å²) in [5, 5.41) is 3.94. The molecule has 0 saturated carbocycles. The zero-order valence-corrected chi connectivity index (χ0v) is 20.3. The van der Waals surface area contributed by atoms with Gasteiger partial charge in [-0.15, -0.1) is 24.0 Å². The summed E-state index contributed by atoms with van der Waals surface area (Å²) in [6.45, 7) is 4.45. The normalized spacial score (nSPS) is 17.3. The van der Waals surface area contributed by atoms with Crippen LogP contribution in [0, 0.1) is 0 Å². The Morgan fingerprint density at radius 1 is 1.44 bits per heavy atom. The molecule has 156 valence electrons. The number of guanidine groups is 1. The lowest BCUT2D eigenvalue weighted by atomic mass is 9.99. The van der Waals surface area contributed by atoms with Crippen LogP contribution in [0.5, 0.6) is 0 Å². The van der Waals surface area contributed by atoms with Crippen LogP contribution in [0.3, 0.4) is 0 Å². The van der Waals surface area contributed by atoms with Gasteiger partial charge in [0.2, 0.25) is 0 Å². The van der Waals surface area contributed by atoms with Crippen LogP contribution in [0.4, 0.5) is 0 Å². The molecule has 2 heterocycles. The first kappa shape index (κ1) is 24.5. The molecule has 1 N–H and O–H groups in total. The molecule has 0 spiro atoms. The second-order valence-electron chi connectivity index (χ2n) is 6.85. The highest BCUT2D eigenvalue weighted by Crippen LogP contribution is 2.29. The molecule has 0 aliphatic carbocycles. The van der Waals surface area contributed by atoms with Crippen molar-refractivity contribution in [2.75, 3.05) is 39.6 Å². The standard InChI is InChI=1S/C17H29ClN4O3S.HI/c1-5-19-16(22(3)12-15-10-14(18)11-21(15)2)20-13-17(26(4,23)24)6-8-25-9-7-17;/h10-11H,5-9,12-13H2,1-4H3,(H,19,20);1H. The number of aliphatic imine (C=N–C) groups is 1. The van der Waals surface area contributed by atoms with Crippen LogP contribution in [-0.2, 0) is 28.2 Å². The van der Waals surface area contributed by atoms with Gasteiger partial charge in [-0.25, -0.2) is 8.42 Å². The van der Waals surface area contributed by atoms with Crippen molar-refractivity contribution < 1.29 is 13.2 Å². The van der Waals surface area contributed by atoms with Gasteiger partial charge in [0.15, 0.2) is 15.8 Å². The number of aromatic nitrogens is 1. The highest BCUT2D eigenvalue weighted by molar-refractivity contribution is 14.0. The first-order chi connectivity index (χ1) is 12.2. The highest BCUT2D eigenvalue weighted by atomic mass is 127. The number of hydrogen-bond acceptors (Lipinski definition) is 4. The minimum atomic E-state index is -3.24. The first-order valence-electron chi connectivity index (χ1n) is 8.76. The van der Waals surface area contributed by atoms with Gasteiger partial charge in [-0.1, -0.05) is 11.6 Å². The molecule has 0 atom stereocenters. The molecule has 1 aliphatic rings. The molecule has 0 aromatic carbocycles. The summed E-state index contributed by atoms with van der Waals surface area (Å²) >= 11 is 6.06. The molecule has 10 heteroatoms. The molecule has 1 aliphatic heterocycles. The summed E-state index contributed by atoms with van der Waals surface area (Å²) in [5.74, 6) is 0.680. The SMILES string of the molecule is CCNC(=NCC1(S(C)(=O)=O)CCOCC1)N(C)Cc1cc(Cl)cn1C.I. The highest BCUT2D eigenvalue weighted by Gasteiger charge is 2.42. The lowest BCUT2D eigenvalue weighted by Gasteiger charge is -2.34. The quantitative estimate of drug-likeness (QED) is 0.346. The van der Waals surface area contributed by atoms with E-state index in [1.54, 1.807) is 0 Å². The van der Waals surface area contributed by atoms with E-state index < -0.39 is 14.6 Å². The maximum Gasteiger partial charge on any atom is 0.194 e. The average molecular weight is 533 g/mol. The number of ether oxygens (including phenoxy) is 1. The van der Waals surface area contributed by atoms with E-state index in [-0.39, 0.29) is 30.5 Å². The zero-order valence-electron chi connectivity index (χ0n) is 16.4. The summed E-state index contributed by atoms with van der Waals surface area (Å²) in [5.41, 5.74) is 1.05. The van der Waals surface area contributed by atoms with Crippen molar-refractivity contribution in [1.29, 1.82) is 0 Å². The van der Waals surface area contributed by atoms with Gasteiger partial charge in [0, 0.05) is 52.0 Å². The van der Waals surface area contributed by atoms with Crippen molar-refractivity contribution >= 4 is 51.4 Å². The molecule has 0 amide bonds. The number of rotatable bonds is 6. The van der Waals surface area contributed by atoms with Gasteiger partial charge in [-0.3, -0.25) is 4.99 Å². The van der Waals surface area contributed by atoms with Crippen LogP contribution in [-0.4, -0.2) is 68.2 Å². The minimum Gasteiger partial charge on any atom is -0.381 e. The Bertz CT molecular complexity index is 745. The van der Waals surface area contributed by atoms with Crippen molar-refractivity contribution in [2.24, 2.45) is 12.0 Å². The number of sulfone groups is 1. The number of aryl methyl sites for hydroxylation is 1. The van der Waals surface area contributed by atoms with Crippen LogP contribution in [0.2, 0.25) is 5.02 Å². The molecule has 0 unspecified atom stereocenters. The summed E-state index contributed by atoms with van der Waals surface area (Å²) in [4.78, 5) is 6.64. The van der Waals surface area contributed by atoms with Gasteiger partial charge < -0.3 is 19.5 Å². The molecular weight excluding hydrogens is 503 g/mol. The predicted octanol–water partition coefficient (Wildman–Crippen LogP) is 2.29. The maximum absolute atomic E-state index is 12.4. The molecule has 27 heavy (non-hydrogen) atoms. The second-order valence-corrected chi connectivity index (χ2v) is 9.70. The van der Waals surface area contributed by atoms with Crippen molar-refractivity contribution in [1.82, 2.24) is 14.8 Å². The van der Waals surface area contributed by atoms with Crippen molar-refractivity contribution in [3.05, 3.63) is 23.0 Å². The van der Waals surface area contributed by atoms with Gasteiger partial charge in [0.05, 0.1) is 22.9 Å². The van der Waals surface area contributed by atoms with E-state index in [0.717, 1.165) is 5.69 Å². The van der Waals surface area contributed by atoms with Crippen LogP contribution in [0.15, 0.2) is 17.3 Å². The third-order valence-corrected chi connectivity index (χ3v) is 7.19. The largest absolute Gasteiger partial charge is 0.381 e. The van der Waals surface area contributed by atoms with E-state index in [9.17, 15) is 8.42 Å². The van der Waals surface area contributed by atoms with E-state index in [1.807, 2.05) is 42.7 Å². The summed E-state index contributed by atoms with van der Waals surface area (Å²) in [6.07, 6.45) is 4.11. The van der Waals surface area contributed by atoms with E-state index in [0.29, 0.717) is 50.1 Å². The fourth-order valence-corrected chi connectivity index (χ4v) is 4.60. The Hall–Kier alpha value is -0.520. The Balaban J connectivity index is 0.00000364. The second kappa shape index (κ2) is 10.3. The van der Waals surface area contributed by atoms with Gasteiger partial charge in [-0.2, -0.15) is 0 Å². The monoisotopic (exact) mass is 532 g/mol. The lowest BCUT2D eigenvalue weighted by molar-refractivity contribution is 0.0767. The van der Waals surface area contributed by atoms with Gasteiger partial charge in [0.1, 0.15) is 0 Å². The molecular formula is C17H30ClIN4O3S. The third kappa shape index (κ3) is 6.23. The Morgan fingerprint density at radius 2 is 2.07 bits per heavy atom. The molecule has 7 nitrogen and oxygen atoms in total. The van der Waals surface area contributed by atoms with E-state index in [4.69, 9.17) is 16.3 Å². The molecule has 1 fully saturated rings. The van der Waals surface area contributed by atoms with Crippen LogP contribution >= 0.6 is 35.6 Å². The number of nitrogens with one attached hydrogen (secondary N) is 1. The van der Waals surface area contributed by atoms with Crippen molar-refractivity contribution in [3.8, 4) is 0 Å². The zero-order chi connectivity index (χ0) is 19.4. The van der Waals surface area contributed by atoms with Crippen LogP contribution in [0.1, 0.15) is 25.5 Å². The minimum absolute atomic E-state index is 0. The first-order valence-corrected chi connectivity index (χ1v) is 11.0. The molecule has 1 aromatic rings. The Labute approximate surface area is 184 Å². The molecule has 0 radical (unpaired) electrons. The number of hydrogen-bond donors (Lipinski definition) is 1. The third-order valence-electron chi connectivity index (χ3n) is 4.88. The summed E-state index contributed by atoms with van der Waals surface area (Å²) in [6, 6.07) is 1.91. The van der Waals surface area contributed by atoms with Gasteiger partial charge in [0.25, 0.3) is 0 Å². The fourth-order valence-electron chi connectivity index (χ4n) is 3.12. The van der Waals surface area contributed by atoms with E-state index in [2.05, 4.69) is 10.3 Å². The van der Waals surface area contributed by atoms with E-state index in [1.165, 1.54) is 6.26 Å². The number of nitrogens with zero attached hydrogens (tertiary/aromatic N) is 3. The van der Waals surface area contributed by atoms with Crippen LogP contribution in [0.25, 0.3) is 0 Å². The summed E-state index contributed by atoms with van der Waals surface area (Å²) < 4.78 is 31.3. The summed E-state index contributed by atoms with van der Waals surface area (Å²) in [7, 11) is 0.633. The molecule has 1 aromatic heterocycles. The Kier molecular flexibility index (Phi) is 9.36. The average Bonchev–Trinajstić information content (AvgIpc) is 2.88. The maximum atomic E-state index is 12.4.